The van der Waals surface area contributed by atoms with Gasteiger partial charge in [0.2, 0.25) is 0 Å². The average Bonchev–Trinajstić information content (AvgIpc) is 2.35. The first-order chi connectivity index (χ1) is 5.22. The van der Waals surface area contributed by atoms with Gasteiger partial charge in [0.25, 0.3) is 0 Å². The lowest BCUT2D eigenvalue weighted by Crippen LogP contribution is -2.22. The van der Waals surface area contributed by atoms with Crippen LogP contribution >= 0.6 is 0 Å². The molecule has 0 aromatic heterocycles. The molecule has 0 fully saturated rings. The Morgan fingerprint density at radius 2 is 2.55 bits per heavy atom. The van der Waals surface area contributed by atoms with E-state index in [4.69, 9.17) is 5.73 Å². The van der Waals surface area contributed by atoms with Crippen molar-refractivity contribution >= 4 is 5.84 Å². The van der Waals surface area contributed by atoms with Gasteiger partial charge >= 0.3 is 0 Å². The summed E-state index contributed by atoms with van der Waals surface area (Å²) in [6.45, 7) is 2.15. The molecule has 1 aliphatic rings. The maximum Gasteiger partial charge on any atom is 0.103 e. The van der Waals surface area contributed by atoms with Crippen LogP contribution in [-0.4, -0.2) is 18.9 Å². The van der Waals surface area contributed by atoms with E-state index in [1.54, 1.807) is 0 Å². The van der Waals surface area contributed by atoms with Crippen molar-refractivity contribution in [1.82, 2.24) is 5.32 Å². The second-order valence-electron chi connectivity index (χ2n) is 2.98. The van der Waals surface area contributed by atoms with Gasteiger partial charge in [-0.3, -0.25) is 0 Å². The molecule has 0 spiro atoms. The van der Waals surface area contributed by atoms with Gasteiger partial charge in [-0.15, -0.1) is 0 Å². The summed E-state index contributed by atoms with van der Waals surface area (Å²) in [7, 11) is 1.96. The highest BCUT2D eigenvalue weighted by molar-refractivity contribution is 5.85. The van der Waals surface area contributed by atoms with E-state index in [2.05, 4.69) is 17.2 Å². The molecule has 11 heavy (non-hydrogen) atoms. The molecule has 1 aliphatic heterocycles. The molecule has 3 heteroatoms. The predicted octanol–water partition coefficient (Wildman–Crippen LogP) is 0.629. The molecule has 0 aromatic carbocycles. The van der Waals surface area contributed by atoms with Crippen molar-refractivity contribution in [1.29, 1.82) is 0 Å². The Balaban J connectivity index is 2.31. The van der Waals surface area contributed by atoms with Crippen LogP contribution in [0.25, 0.3) is 0 Å². The number of hydrogen-bond donors (Lipinski definition) is 2. The molecule has 1 atom stereocenters. The highest BCUT2D eigenvalue weighted by Gasteiger charge is 2.09. The van der Waals surface area contributed by atoms with Crippen molar-refractivity contribution in [3.8, 4) is 0 Å². The van der Waals surface area contributed by atoms with Gasteiger partial charge in [0.1, 0.15) is 5.84 Å². The van der Waals surface area contributed by atoms with Crippen molar-refractivity contribution < 1.29 is 0 Å². The highest BCUT2D eigenvalue weighted by Crippen LogP contribution is 2.14. The summed E-state index contributed by atoms with van der Waals surface area (Å²) in [6, 6.07) is 0.516. The third kappa shape index (κ3) is 2.35. The Morgan fingerprint density at radius 3 is 3.00 bits per heavy atom. The van der Waals surface area contributed by atoms with E-state index in [0.717, 1.165) is 18.7 Å². The fourth-order valence-electron chi connectivity index (χ4n) is 1.12. The quantitative estimate of drug-likeness (QED) is 0.624. The largest absolute Gasteiger partial charge is 0.387 e. The van der Waals surface area contributed by atoms with Crippen LogP contribution in [0, 0.1) is 0 Å². The molecule has 0 amide bonds. The van der Waals surface area contributed by atoms with Crippen molar-refractivity contribution in [3.63, 3.8) is 0 Å². The number of nitrogens with two attached hydrogens (primary N) is 1. The number of rotatable bonds is 3. The van der Waals surface area contributed by atoms with E-state index in [1.807, 2.05) is 13.2 Å². The monoisotopic (exact) mass is 153 g/mol. The second kappa shape index (κ2) is 3.53. The molecule has 62 valence electrons. The van der Waals surface area contributed by atoms with Crippen LogP contribution in [0.4, 0.5) is 0 Å². The zero-order valence-electron chi connectivity index (χ0n) is 7.09. The number of amidine groups is 1. The summed E-state index contributed by atoms with van der Waals surface area (Å²) in [4.78, 5) is 4.01. The highest BCUT2D eigenvalue weighted by atomic mass is 14.9. The van der Waals surface area contributed by atoms with Gasteiger partial charge < -0.3 is 11.1 Å². The molecule has 1 unspecified atom stereocenters. The van der Waals surface area contributed by atoms with Crippen LogP contribution in [0.2, 0.25) is 0 Å². The third-order valence-corrected chi connectivity index (χ3v) is 1.88. The molecule has 1 rings (SSSR count). The number of hydrogen-bond acceptors (Lipinski definition) is 3. The lowest BCUT2D eigenvalue weighted by Gasteiger charge is -2.09. The SMILES string of the molecule is CNC(C)CC1=CN=C(N)C1. The Kier molecular flexibility index (Phi) is 2.65. The van der Waals surface area contributed by atoms with E-state index in [-0.39, 0.29) is 0 Å². The van der Waals surface area contributed by atoms with Crippen LogP contribution in [0.15, 0.2) is 16.8 Å². The van der Waals surface area contributed by atoms with Crippen LogP contribution in [0.3, 0.4) is 0 Å². The lowest BCUT2D eigenvalue weighted by atomic mass is 10.1. The number of nitrogens with one attached hydrogen (secondary N) is 1. The zero-order valence-corrected chi connectivity index (χ0v) is 7.09. The minimum atomic E-state index is 0.516. The first kappa shape index (κ1) is 8.27. The maximum absolute atomic E-state index is 5.52. The molecular weight excluding hydrogens is 138 g/mol. The maximum atomic E-state index is 5.52. The van der Waals surface area contributed by atoms with Crippen LogP contribution in [-0.2, 0) is 0 Å². The molecule has 0 aliphatic carbocycles. The fraction of sp³-hybridized carbons (Fsp3) is 0.625. The minimum absolute atomic E-state index is 0.516. The summed E-state index contributed by atoms with van der Waals surface area (Å²) in [6.07, 6.45) is 3.77. The topological polar surface area (TPSA) is 50.4 Å². The molecule has 0 bridgehead atoms. The van der Waals surface area contributed by atoms with Gasteiger partial charge in [-0.1, -0.05) is 0 Å². The Labute approximate surface area is 67.4 Å². The van der Waals surface area contributed by atoms with Gasteiger partial charge in [-0.25, -0.2) is 4.99 Å². The summed E-state index contributed by atoms with van der Waals surface area (Å²) in [5.74, 6) is 0.739. The van der Waals surface area contributed by atoms with Crippen LogP contribution in [0.1, 0.15) is 19.8 Å². The molecular formula is C8H15N3. The van der Waals surface area contributed by atoms with Gasteiger partial charge in [0, 0.05) is 18.7 Å². The fourth-order valence-corrected chi connectivity index (χ4v) is 1.12. The van der Waals surface area contributed by atoms with Gasteiger partial charge in [0.05, 0.1) is 0 Å². The zero-order chi connectivity index (χ0) is 8.27. The third-order valence-electron chi connectivity index (χ3n) is 1.88. The summed E-state index contributed by atoms with van der Waals surface area (Å²) in [5.41, 5.74) is 6.84. The summed E-state index contributed by atoms with van der Waals surface area (Å²) in [5, 5.41) is 3.17. The lowest BCUT2D eigenvalue weighted by molar-refractivity contribution is 0.603. The predicted molar refractivity (Wildman–Crippen MR) is 47.5 cm³/mol. The van der Waals surface area contributed by atoms with Crippen molar-refractivity contribution in [2.75, 3.05) is 7.05 Å². The van der Waals surface area contributed by atoms with Gasteiger partial charge in [-0.2, -0.15) is 0 Å². The van der Waals surface area contributed by atoms with E-state index in [0.29, 0.717) is 6.04 Å². The molecule has 3 nitrogen and oxygen atoms in total. The summed E-state index contributed by atoms with van der Waals surface area (Å²) < 4.78 is 0. The number of nitrogens with zero attached hydrogens (tertiary/aromatic N) is 1. The smallest absolute Gasteiger partial charge is 0.103 e. The minimum Gasteiger partial charge on any atom is -0.387 e. The average molecular weight is 153 g/mol. The Bertz CT molecular complexity index is 194. The molecule has 0 radical (unpaired) electrons. The van der Waals surface area contributed by atoms with E-state index >= 15 is 0 Å². The van der Waals surface area contributed by atoms with E-state index < -0.39 is 0 Å². The number of aliphatic imine (C=N–C) groups is 1. The van der Waals surface area contributed by atoms with Crippen LogP contribution in [0.5, 0.6) is 0 Å². The van der Waals surface area contributed by atoms with Gasteiger partial charge in [0.15, 0.2) is 0 Å². The normalized spacial score (nSPS) is 19.5. The van der Waals surface area contributed by atoms with Crippen molar-refractivity contribution in [2.45, 2.75) is 25.8 Å². The first-order valence-electron chi connectivity index (χ1n) is 3.89. The Hall–Kier alpha value is -0.830. The second-order valence-corrected chi connectivity index (χ2v) is 2.98. The van der Waals surface area contributed by atoms with E-state index in [1.165, 1.54) is 5.57 Å². The van der Waals surface area contributed by atoms with Crippen molar-refractivity contribution in [2.24, 2.45) is 10.7 Å². The molecule has 0 saturated carbocycles. The van der Waals surface area contributed by atoms with E-state index in [9.17, 15) is 0 Å². The van der Waals surface area contributed by atoms with Crippen LogP contribution < -0.4 is 11.1 Å². The van der Waals surface area contributed by atoms with Gasteiger partial charge in [-0.05, 0) is 26.0 Å². The molecule has 1 heterocycles. The first-order valence-corrected chi connectivity index (χ1v) is 3.89. The molecule has 0 saturated heterocycles. The summed E-state index contributed by atoms with van der Waals surface area (Å²) >= 11 is 0. The Morgan fingerprint density at radius 1 is 1.82 bits per heavy atom. The molecule has 3 N–H and O–H groups in total. The molecule has 0 aromatic rings. The standard InChI is InChI=1S/C8H15N3/c1-6(10-2)3-7-4-8(9)11-5-7/h5-6,10H,3-4H2,1-2H3,(H2,9,11). The van der Waals surface area contributed by atoms with Crippen molar-refractivity contribution in [3.05, 3.63) is 11.8 Å².